The van der Waals surface area contributed by atoms with Gasteiger partial charge in [-0.2, -0.15) is 0 Å². The summed E-state index contributed by atoms with van der Waals surface area (Å²) in [6, 6.07) is 4.88. The van der Waals surface area contributed by atoms with Gasteiger partial charge < -0.3 is 30.3 Å². The summed E-state index contributed by atoms with van der Waals surface area (Å²) in [4.78, 5) is 55.4. The molecule has 0 radical (unpaired) electrons. The molecule has 0 spiro atoms. The number of rotatable bonds is 10. The lowest BCUT2D eigenvalue weighted by Crippen LogP contribution is -2.54. The first-order chi connectivity index (χ1) is 17.8. The topological polar surface area (TPSA) is 128 Å². The van der Waals surface area contributed by atoms with Crippen LogP contribution in [0.1, 0.15) is 70.7 Å². The Morgan fingerprint density at radius 3 is 2.42 bits per heavy atom. The Balaban J connectivity index is 1.75. The van der Waals surface area contributed by atoms with Gasteiger partial charge >= 0.3 is 0 Å². The van der Waals surface area contributed by atoms with Crippen molar-refractivity contribution >= 4 is 23.6 Å². The second-order valence-corrected chi connectivity index (χ2v) is 11.7. The molecule has 2 fully saturated rings. The molecule has 10 heteroatoms. The lowest BCUT2D eigenvalue weighted by atomic mass is 10.1. The number of hydrogen-bond acceptors (Lipinski definition) is 6. The van der Waals surface area contributed by atoms with Crippen LogP contribution in [0.4, 0.5) is 0 Å². The third-order valence-electron chi connectivity index (χ3n) is 6.84. The van der Waals surface area contributed by atoms with Gasteiger partial charge in [0.25, 0.3) is 11.8 Å². The zero-order chi connectivity index (χ0) is 28.2. The van der Waals surface area contributed by atoms with Gasteiger partial charge in [0.15, 0.2) is 6.61 Å². The number of β-amino-alcohol motifs (C(OH)–C–C–N with tert-alkyl or cyclic N) is 1. The molecule has 0 aromatic heterocycles. The first kappa shape index (κ1) is 29.4. The van der Waals surface area contributed by atoms with Crippen molar-refractivity contribution < 1.29 is 29.0 Å². The highest BCUT2D eigenvalue weighted by Crippen LogP contribution is 2.35. The fraction of sp³-hybridized carbons (Fsp3) is 0.643. The van der Waals surface area contributed by atoms with E-state index >= 15 is 0 Å². The number of likely N-dealkylation sites (tertiary alicyclic amines) is 1. The number of amides is 4. The van der Waals surface area contributed by atoms with E-state index in [0.717, 1.165) is 12.8 Å². The number of likely N-dealkylation sites (N-methyl/N-ethyl adjacent to an activating group) is 1. The van der Waals surface area contributed by atoms with Crippen LogP contribution in [0.25, 0.3) is 0 Å². The monoisotopic (exact) mass is 530 g/mol. The van der Waals surface area contributed by atoms with E-state index in [9.17, 15) is 24.3 Å². The van der Waals surface area contributed by atoms with Crippen LogP contribution in [-0.2, 0) is 14.4 Å². The number of carbonyl (C=O) groups excluding carboxylic acids is 4. The van der Waals surface area contributed by atoms with E-state index in [1.807, 2.05) is 34.6 Å². The molecule has 3 N–H and O–H groups in total. The number of para-hydroxylation sites is 1. The number of benzene rings is 1. The molecule has 1 aliphatic heterocycles. The molecule has 0 unspecified atom stereocenters. The first-order valence-electron chi connectivity index (χ1n) is 13.4. The minimum absolute atomic E-state index is 0.0425. The van der Waals surface area contributed by atoms with Gasteiger partial charge in [0.2, 0.25) is 11.8 Å². The standard InChI is InChI=1S/C28H42N4O6/c1-17(2)31(6)27(37)22-14-19(33)15-32(22)26(36)21(13-18-11-12-18)29-25(35)20-9-7-8-10-23(20)38-16-24(34)30-28(3,4)5/h7-10,17-19,21-22,33H,11-16H2,1-6H3,(H,29,35)(H,30,34)/t19-,21+,22+/m0/s1. The lowest BCUT2D eigenvalue weighted by Gasteiger charge is -2.32. The van der Waals surface area contributed by atoms with Crippen LogP contribution in [0.5, 0.6) is 5.75 Å². The van der Waals surface area contributed by atoms with E-state index < -0.39 is 29.6 Å². The van der Waals surface area contributed by atoms with Crippen molar-refractivity contribution in [3.05, 3.63) is 29.8 Å². The van der Waals surface area contributed by atoms with Crippen molar-refractivity contribution in [2.75, 3.05) is 20.2 Å². The second kappa shape index (κ2) is 12.1. The highest BCUT2D eigenvalue weighted by molar-refractivity contribution is 6.00. The Morgan fingerprint density at radius 1 is 1.16 bits per heavy atom. The summed E-state index contributed by atoms with van der Waals surface area (Å²) in [5, 5.41) is 16.0. The first-order valence-corrected chi connectivity index (χ1v) is 13.4. The quantitative estimate of drug-likeness (QED) is 0.423. The predicted octanol–water partition coefficient (Wildman–Crippen LogP) is 1.71. The van der Waals surface area contributed by atoms with E-state index in [0.29, 0.717) is 12.3 Å². The molecule has 1 aliphatic carbocycles. The second-order valence-electron chi connectivity index (χ2n) is 11.7. The molecule has 1 aromatic rings. The van der Waals surface area contributed by atoms with Crippen molar-refractivity contribution in [1.82, 2.24) is 20.4 Å². The average molecular weight is 531 g/mol. The molecule has 38 heavy (non-hydrogen) atoms. The fourth-order valence-electron chi connectivity index (χ4n) is 4.50. The average Bonchev–Trinajstić information content (AvgIpc) is 3.57. The molecule has 0 bridgehead atoms. The Bertz CT molecular complexity index is 1030. The van der Waals surface area contributed by atoms with E-state index in [1.165, 1.54) is 4.90 Å². The largest absolute Gasteiger partial charge is 0.483 e. The van der Waals surface area contributed by atoms with Crippen molar-refractivity contribution in [3.63, 3.8) is 0 Å². The summed E-state index contributed by atoms with van der Waals surface area (Å²) < 4.78 is 5.66. The summed E-state index contributed by atoms with van der Waals surface area (Å²) >= 11 is 0. The van der Waals surface area contributed by atoms with E-state index in [1.54, 1.807) is 36.2 Å². The molecular weight excluding hydrogens is 488 g/mol. The van der Waals surface area contributed by atoms with Crippen molar-refractivity contribution in [2.24, 2.45) is 5.92 Å². The summed E-state index contributed by atoms with van der Waals surface area (Å²) in [7, 11) is 1.68. The highest BCUT2D eigenvalue weighted by Gasteiger charge is 2.44. The van der Waals surface area contributed by atoms with Gasteiger partial charge in [0.05, 0.1) is 11.7 Å². The number of nitrogens with zero attached hydrogens (tertiary/aromatic N) is 2. The molecule has 10 nitrogen and oxygen atoms in total. The maximum atomic E-state index is 13.7. The number of carbonyl (C=O) groups is 4. The number of aliphatic hydroxyl groups is 1. The summed E-state index contributed by atoms with van der Waals surface area (Å²) in [6.45, 7) is 9.15. The molecule has 3 atom stereocenters. The number of hydrogen-bond donors (Lipinski definition) is 3. The minimum Gasteiger partial charge on any atom is -0.483 e. The third-order valence-corrected chi connectivity index (χ3v) is 6.84. The van der Waals surface area contributed by atoms with Crippen LogP contribution >= 0.6 is 0 Å². The molecule has 1 saturated heterocycles. The predicted molar refractivity (Wildman–Crippen MR) is 142 cm³/mol. The Kier molecular flexibility index (Phi) is 9.40. The van der Waals surface area contributed by atoms with Crippen molar-refractivity contribution in [2.45, 2.75) is 90.1 Å². The smallest absolute Gasteiger partial charge is 0.258 e. The zero-order valence-electron chi connectivity index (χ0n) is 23.3. The molecule has 210 valence electrons. The van der Waals surface area contributed by atoms with E-state index in [-0.39, 0.29) is 54.6 Å². The van der Waals surface area contributed by atoms with Crippen LogP contribution in [0.3, 0.4) is 0 Å². The van der Waals surface area contributed by atoms with Crippen molar-refractivity contribution in [1.29, 1.82) is 0 Å². The molecule has 2 aliphatic rings. The van der Waals surface area contributed by atoms with Crippen LogP contribution < -0.4 is 15.4 Å². The van der Waals surface area contributed by atoms with Gasteiger partial charge in [-0.1, -0.05) is 25.0 Å². The minimum atomic E-state index is -0.850. The maximum absolute atomic E-state index is 13.7. The van der Waals surface area contributed by atoms with E-state index in [2.05, 4.69) is 10.6 Å². The number of aliphatic hydroxyl groups excluding tert-OH is 1. The molecule has 1 heterocycles. The van der Waals surface area contributed by atoms with Gasteiger partial charge in [-0.25, -0.2) is 0 Å². The van der Waals surface area contributed by atoms with Crippen molar-refractivity contribution in [3.8, 4) is 5.75 Å². The molecular formula is C28H42N4O6. The number of ether oxygens (including phenoxy) is 1. The number of nitrogens with one attached hydrogen (secondary N) is 2. The molecule has 3 rings (SSSR count). The summed E-state index contributed by atoms with van der Waals surface area (Å²) in [5.74, 6) is -0.873. The normalized spacial score (nSPS) is 20.2. The summed E-state index contributed by atoms with van der Waals surface area (Å²) in [6.07, 6.45) is 1.76. The Morgan fingerprint density at radius 2 is 1.82 bits per heavy atom. The van der Waals surface area contributed by atoms with Crippen LogP contribution in [-0.4, -0.2) is 88.5 Å². The van der Waals surface area contributed by atoms with Gasteiger partial charge in [-0.05, 0) is 59.1 Å². The molecule has 1 saturated carbocycles. The maximum Gasteiger partial charge on any atom is 0.258 e. The van der Waals surface area contributed by atoms with Crippen LogP contribution in [0.15, 0.2) is 24.3 Å². The SMILES string of the molecule is CC(C)N(C)C(=O)[C@H]1C[C@H](O)CN1C(=O)[C@@H](CC1CC1)NC(=O)c1ccccc1OCC(=O)NC(C)(C)C. The van der Waals surface area contributed by atoms with Crippen LogP contribution in [0, 0.1) is 5.92 Å². The lowest BCUT2D eigenvalue weighted by molar-refractivity contribution is -0.145. The highest BCUT2D eigenvalue weighted by atomic mass is 16.5. The Labute approximate surface area is 225 Å². The van der Waals surface area contributed by atoms with Crippen LogP contribution in [0.2, 0.25) is 0 Å². The fourth-order valence-corrected chi connectivity index (χ4v) is 4.50. The van der Waals surface area contributed by atoms with E-state index in [4.69, 9.17) is 4.74 Å². The van der Waals surface area contributed by atoms with Gasteiger partial charge in [0.1, 0.15) is 17.8 Å². The van der Waals surface area contributed by atoms with Gasteiger partial charge in [-0.3, -0.25) is 19.2 Å². The molecule has 4 amide bonds. The summed E-state index contributed by atoms with van der Waals surface area (Å²) in [5.41, 5.74) is -0.210. The third kappa shape index (κ3) is 7.93. The Hall–Kier alpha value is -3.14. The van der Waals surface area contributed by atoms with Gasteiger partial charge in [-0.15, -0.1) is 0 Å². The zero-order valence-corrected chi connectivity index (χ0v) is 23.3. The molecule has 1 aromatic carbocycles. The van der Waals surface area contributed by atoms with Gasteiger partial charge in [0, 0.05) is 31.6 Å².